The summed E-state index contributed by atoms with van der Waals surface area (Å²) in [5.74, 6) is -4.62. The number of hydrogen-bond acceptors (Lipinski definition) is 1. The molecule has 136 valence electrons. The molecule has 1 heterocycles. The second-order valence-electron chi connectivity index (χ2n) is 6.13. The molecule has 3 nitrogen and oxygen atoms in total. The quantitative estimate of drug-likeness (QED) is 0.418. The summed E-state index contributed by atoms with van der Waals surface area (Å²) in [6.45, 7) is -0.344. The van der Waals surface area contributed by atoms with Crippen LogP contribution in [0.2, 0.25) is 0 Å². The van der Waals surface area contributed by atoms with Gasteiger partial charge in [-0.25, -0.2) is 17.6 Å². The minimum Gasteiger partial charge on any atom is -0.366 e. The number of carbonyl (C=O) groups excluding carboxylic acids is 1. The highest BCUT2D eigenvalue weighted by molar-refractivity contribution is 6.17. The SMILES string of the molecule is NC(=O)c1cccc2c1c1cc(F)ccc1n2Cc1c(F)ccc(F)c1F. The third-order valence-corrected chi connectivity index (χ3v) is 4.57. The Bertz CT molecular complexity index is 1230. The molecular formula is C20H12F4N2O. The van der Waals surface area contributed by atoms with Crippen LogP contribution in [0, 0.1) is 23.3 Å². The minimum atomic E-state index is -1.29. The van der Waals surface area contributed by atoms with Gasteiger partial charge in [0.15, 0.2) is 11.6 Å². The van der Waals surface area contributed by atoms with Crippen molar-refractivity contribution in [3.05, 3.63) is 82.9 Å². The molecule has 0 saturated carbocycles. The van der Waals surface area contributed by atoms with Crippen LogP contribution in [-0.4, -0.2) is 10.5 Å². The first kappa shape index (κ1) is 17.1. The van der Waals surface area contributed by atoms with E-state index in [0.717, 1.165) is 6.07 Å². The zero-order chi connectivity index (χ0) is 19.3. The van der Waals surface area contributed by atoms with E-state index in [-0.39, 0.29) is 12.1 Å². The molecule has 0 aliphatic rings. The van der Waals surface area contributed by atoms with E-state index in [0.29, 0.717) is 27.9 Å². The van der Waals surface area contributed by atoms with E-state index in [4.69, 9.17) is 5.73 Å². The lowest BCUT2D eigenvalue weighted by molar-refractivity contribution is 0.100. The third kappa shape index (κ3) is 2.63. The molecule has 1 aromatic heterocycles. The Hall–Kier alpha value is -3.35. The molecule has 0 aliphatic carbocycles. The van der Waals surface area contributed by atoms with Crippen molar-refractivity contribution >= 4 is 27.7 Å². The lowest BCUT2D eigenvalue weighted by Gasteiger charge is -2.10. The molecule has 3 aromatic carbocycles. The number of primary amides is 1. The van der Waals surface area contributed by atoms with Gasteiger partial charge >= 0.3 is 0 Å². The van der Waals surface area contributed by atoms with E-state index in [1.54, 1.807) is 12.1 Å². The molecule has 0 spiro atoms. The van der Waals surface area contributed by atoms with E-state index in [1.165, 1.54) is 28.8 Å². The predicted molar refractivity (Wildman–Crippen MR) is 93.3 cm³/mol. The van der Waals surface area contributed by atoms with Gasteiger partial charge in [-0.1, -0.05) is 6.07 Å². The van der Waals surface area contributed by atoms with Crippen LogP contribution in [-0.2, 0) is 6.54 Å². The minimum absolute atomic E-state index is 0.155. The molecule has 2 N–H and O–H groups in total. The number of benzene rings is 3. The number of rotatable bonds is 3. The lowest BCUT2D eigenvalue weighted by atomic mass is 10.1. The number of carbonyl (C=O) groups is 1. The average Bonchev–Trinajstić information content (AvgIpc) is 2.95. The molecule has 0 aliphatic heterocycles. The van der Waals surface area contributed by atoms with Crippen molar-refractivity contribution in [2.24, 2.45) is 5.73 Å². The van der Waals surface area contributed by atoms with Crippen molar-refractivity contribution < 1.29 is 22.4 Å². The summed E-state index contributed by atoms with van der Waals surface area (Å²) in [5.41, 5.74) is 5.97. The number of halogens is 4. The van der Waals surface area contributed by atoms with Gasteiger partial charge in [-0.3, -0.25) is 4.79 Å². The maximum Gasteiger partial charge on any atom is 0.249 e. The summed E-state index contributed by atoms with van der Waals surface area (Å²) in [6.07, 6.45) is 0. The van der Waals surface area contributed by atoms with E-state index < -0.39 is 34.7 Å². The van der Waals surface area contributed by atoms with Crippen LogP contribution in [0.1, 0.15) is 15.9 Å². The molecule has 1 amide bonds. The first-order chi connectivity index (χ1) is 12.9. The van der Waals surface area contributed by atoms with Crippen molar-refractivity contribution in [1.29, 1.82) is 0 Å². The summed E-state index contributed by atoms with van der Waals surface area (Å²) in [6, 6.07) is 10.1. The molecule has 27 heavy (non-hydrogen) atoms. The van der Waals surface area contributed by atoms with Gasteiger partial charge in [-0.15, -0.1) is 0 Å². The predicted octanol–water partition coefficient (Wildman–Crippen LogP) is 4.50. The third-order valence-electron chi connectivity index (χ3n) is 4.57. The van der Waals surface area contributed by atoms with E-state index in [2.05, 4.69) is 0 Å². The van der Waals surface area contributed by atoms with E-state index in [9.17, 15) is 22.4 Å². The van der Waals surface area contributed by atoms with Gasteiger partial charge in [0.05, 0.1) is 12.1 Å². The summed E-state index contributed by atoms with van der Waals surface area (Å²) < 4.78 is 57.2. The summed E-state index contributed by atoms with van der Waals surface area (Å²) in [5, 5.41) is 0.744. The van der Waals surface area contributed by atoms with Crippen molar-refractivity contribution in [3.63, 3.8) is 0 Å². The fourth-order valence-corrected chi connectivity index (χ4v) is 3.37. The van der Waals surface area contributed by atoms with Crippen molar-refractivity contribution in [2.75, 3.05) is 0 Å². The zero-order valence-corrected chi connectivity index (χ0v) is 13.8. The fourth-order valence-electron chi connectivity index (χ4n) is 3.37. The van der Waals surface area contributed by atoms with Crippen LogP contribution < -0.4 is 5.73 Å². The van der Waals surface area contributed by atoms with Gasteiger partial charge < -0.3 is 10.3 Å². The second-order valence-corrected chi connectivity index (χ2v) is 6.13. The Labute approximate surface area is 150 Å². The van der Waals surface area contributed by atoms with Crippen molar-refractivity contribution in [2.45, 2.75) is 6.54 Å². The topological polar surface area (TPSA) is 48.0 Å². The lowest BCUT2D eigenvalue weighted by Crippen LogP contribution is -2.11. The Morgan fingerprint density at radius 1 is 0.926 bits per heavy atom. The molecule has 0 bridgehead atoms. The maximum absolute atomic E-state index is 14.2. The first-order valence-electron chi connectivity index (χ1n) is 8.01. The van der Waals surface area contributed by atoms with Gasteiger partial charge in [0.2, 0.25) is 5.91 Å². The number of fused-ring (bicyclic) bond motifs is 3. The molecule has 0 saturated heterocycles. The Morgan fingerprint density at radius 3 is 2.41 bits per heavy atom. The van der Waals surface area contributed by atoms with Gasteiger partial charge in [0.25, 0.3) is 0 Å². The van der Waals surface area contributed by atoms with Gasteiger partial charge in [-0.05, 0) is 42.5 Å². The fraction of sp³-hybridized carbons (Fsp3) is 0.0500. The zero-order valence-electron chi connectivity index (χ0n) is 13.8. The van der Waals surface area contributed by atoms with Crippen LogP contribution >= 0.6 is 0 Å². The standard InChI is InChI=1S/C20H12F4N2O/c21-10-4-7-16-12(8-10)18-11(20(25)27)2-1-3-17(18)26(16)9-13-14(22)5-6-15(23)19(13)24/h1-8H,9H2,(H2,25,27). The molecule has 4 rings (SSSR count). The highest BCUT2D eigenvalue weighted by Crippen LogP contribution is 2.33. The number of aromatic nitrogens is 1. The maximum atomic E-state index is 14.2. The Kier molecular flexibility index (Phi) is 3.87. The summed E-state index contributed by atoms with van der Waals surface area (Å²) in [7, 11) is 0. The van der Waals surface area contributed by atoms with Gasteiger partial charge in [-0.2, -0.15) is 0 Å². The molecule has 0 radical (unpaired) electrons. The number of amides is 1. The molecule has 0 fully saturated rings. The smallest absolute Gasteiger partial charge is 0.249 e. The summed E-state index contributed by atoms with van der Waals surface area (Å²) in [4.78, 5) is 11.8. The van der Waals surface area contributed by atoms with Crippen LogP contribution in [0.4, 0.5) is 17.6 Å². The molecule has 7 heteroatoms. The van der Waals surface area contributed by atoms with Gasteiger partial charge in [0.1, 0.15) is 11.6 Å². The first-order valence-corrected chi connectivity index (χ1v) is 8.01. The molecule has 4 aromatic rings. The van der Waals surface area contributed by atoms with E-state index >= 15 is 0 Å². The number of hydrogen-bond donors (Lipinski definition) is 1. The second kappa shape index (κ2) is 6.12. The van der Waals surface area contributed by atoms with Crippen molar-refractivity contribution in [1.82, 2.24) is 4.57 Å². The highest BCUT2D eigenvalue weighted by atomic mass is 19.2. The Balaban J connectivity index is 2.08. The molecule has 0 atom stereocenters. The van der Waals surface area contributed by atoms with Crippen LogP contribution in [0.5, 0.6) is 0 Å². The normalized spacial score (nSPS) is 11.4. The van der Waals surface area contributed by atoms with Gasteiger partial charge in [0, 0.05) is 27.4 Å². The highest BCUT2D eigenvalue weighted by Gasteiger charge is 2.20. The largest absolute Gasteiger partial charge is 0.366 e. The van der Waals surface area contributed by atoms with Crippen LogP contribution in [0.3, 0.4) is 0 Å². The summed E-state index contributed by atoms with van der Waals surface area (Å²) >= 11 is 0. The van der Waals surface area contributed by atoms with Crippen LogP contribution in [0.25, 0.3) is 21.8 Å². The monoisotopic (exact) mass is 372 g/mol. The van der Waals surface area contributed by atoms with E-state index in [1.807, 2.05) is 0 Å². The number of nitrogens with two attached hydrogens (primary N) is 1. The van der Waals surface area contributed by atoms with Crippen LogP contribution in [0.15, 0.2) is 48.5 Å². The average molecular weight is 372 g/mol. The number of nitrogens with zero attached hydrogens (tertiary/aromatic N) is 1. The Morgan fingerprint density at radius 2 is 1.67 bits per heavy atom. The van der Waals surface area contributed by atoms with Crippen molar-refractivity contribution in [3.8, 4) is 0 Å². The molecular weight excluding hydrogens is 360 g/mol. The molecule has 0 unspecified atom stereocenters.